The van der Waals surface area contributed by atoms with Crippen molar-refractivity contribution in [2.45, 2.75) is 32.9 Å². The molecule has 1 rings (SSSR count). The van der Waals surface area contributed by atoms with Gasteiger partial charge in [0, 0.05) is 12.1 Å². The Labute approximate surface area is 83.7 Å². The van der Waals surface area contributed by atoms with Gasteiger partial charge in [0.25, 0.3) is 0 Å². The molecule has 1 aromatic heterocycles. The maximum absolute atomic E-state index is 9.16. The van der Waals surface area contributed by atoms with Crippen LogP contribution in [-0.2, 0) is 6.54 Å². The number of rotatable bonds is 4. The summed E-state index contributed by atoms with van der Waals surface area (Å²) in [6.45, 7) is 6.52. The maximum Gasteiger partial charge on any atom is 0.122 e. The first-order valence-corrected chi connectivity index (χ1v) is 4.57. The summed E-state index contributed by atoms with van der Waals surface area (Å²) >= 11 is 0. The molecule has 0 atom stereocenters. The van der Waals surface area contributed by atoms with Crippen molar-refractivity contribution in [3.63, 3.8) is 0 Å². The van der Waals surface area contributed by atoms with Crippen LogP contribution in [0.2, 0.25) is 0 Å². The second-order valence-electron chi connectivity index (χ2n) is 4.12. The van der Waals surface area contributed by atoms with Crippen LogP contribution < -0.4 is 0 Å². The van der Waals surface area contributed by atoms with Crippen LogP contribution in [0, 0.1) is 6.92 Å². The molecule has 80 valence electrons. The number of hydrogen-bond acceptors (Lipinski definition) is 5. The van der Waals surface area contributed by atoms with E-state index in [0.29, 0.717) is 6.54 Å². The third-order valence-electron chi connectivity index (χ3n) is 2.55. The van der Waals surface area contributed by atoms with E-state index in [1.165, 1.54) is 0 Å². The van der Waals surface area contributed by atoms with Crippen LogP contribution in [0.4, 0.5) is 0 Å². The van der Waals surface area contributed by atoms with E-state index in [-0.39, 0.29) is 12.1 Å². The first-order chi connectivity index (χ1) is 6.47. The summed E-state index contributed by atoms with van der Waals surface area (Å²) in [6, 6.07) is 0. The fourth-order valence-corrected chi connectivity index (χ4v) is 0.952. The number of hydrogen-bond donors (Lipinski definition) is 1. The number of likely N-dealkylation sites (N-methyl/N-ethyl adjacent to an activating group) is 1. The molecule has 14 heavy (non-hydrogen) atoms. The third kappa shape index (κ3) is 2.30. The summed E-state index contributed by atoms with van der Waals surface area (Å²) in [7, 11) is 1.93. The quantitative estimate of drug-likeness (QED) is 0.768. The van der Waals surface area contributed by atoms with Crippen molar-refractivity contribution in [2.24, 2.45) is 0 Å². The molecule has 0 unspecified atom stereocenters. The predicted molar refractivity (Wildman–Crippen MR) is 51.7 cm³/mol. The Morgan fingerprint density at radius 1 is 1.43 bits per heavy atom. The van der Waals surface area contributed by atoms with Crippen molar-refractivity contribution in [3.05, 3.63) is 11.4 Å². The van der Waals surface area contributed by atoms with Crippen molar-refractivity contribution in [1.29, 1.82) is 0 Å². The van der Waals surface area contributed by atoms with E-state index < -0.39 is 0 Å². The average molecular weight is 199 g/mol. The molecule has 5 heteroatoms. The van der Waals surface area contributed by atoms with Crippen LogP contribution in [0.1, 0.15) is 25.2 Å². The monoisotopic (exact) mass is 199 g/mol. The molecule has 0 aliphatic rings. The van der Waals surface area contributed by atoms with Crippen LogP contribution in [0.25, 0.3) is 0 Å². The summed E-state index contributed by atoms with van der Waals surface area (Å²) in [5.41, 5.74) is 1.35. The molecule has 1 aromatic rings. The highest BCUT2D eigenvalue weighted by Gasteiger charge is 2.23. The van der Waals surface area contributed by atoms with E-state index in [9.17, 15) is 0 Å². The van der Waals surface area contributed by atoms with Gasteiger partial charge in [0.15, 0.2) is 0 Å². The number of aliphatic hydroxyl groups excluding tert-OH is 1. The zero-order valence-corrected chi connectivity index (χ0v) is 9.11. The molecular formula is C9H17N3O2. The number of aryl methyl sites for hydroxylation is 1. The normalized spacial score (nSPS) is 12.4. The highest BCUT2D eigenvalue weighted by Crippen LogP contribution is 2.15. The number of nitrogens with zero attached hydrogens (tertiary/aromatic N) is 3. The molecule has 1 heterocycles. The first-order valence-electron chi connectivity index (χ1n) is 4.57. The molecule has 0 amide bonds. The fraction of sp³-hybridized carbons (Fsp3) is 0.778. The van der Waals surface area contributed by atoms with Gasteiger partial charge in [-0.1, -0.05) is 10.3 Å². The Bertz CT molecular complexity index is 296. The Morgan fingerprint density at radius 2 is 2.07 bits per heavy atom. The van der Waals surface area contributed by atoms with E-state index in [1.54, 1.807) is 0 Å². The van der Waals surface area contributed by atoms with Gasteiger partial charge in [-0.2, -0.15) is 0 Å². The smallest absolute Gasteiger partial charge is 0.122 e. The lowest BCUT2D eigenvalue weighted by molar-refractivity contribution is 0.0714. The highest BCUT2D eigenvalue weighted by molar-refractivity contribution is 5.04. The standard InChI is InChI=1S/C9H17N3O2/c1-7-8(11-14-10-7)5-12(4)9(2,3)6-13/h13H,5-6H2,1-4H3. The lowest BCUT2D eigenvalue weighted by atomic mass is 10.1. The van der Waals surface area contributed by atoms with Crippen molar-refractivity contribution in [1.82, 2.24) is 15.2 Å². The molecule has 0 spiro atoms. The summed E-state index contributed by atoms with van der Waals surface area (Å²) < 4.78 is 4.60. The SMILES string of the molecule is Cc1nonc1CN(C)C(C)(C)CO. The summed E-state index contributed by atoms with van der Waals surface area (Å²) in [4.78, 5) is 2.01. The minimum atomic E-state index is -0.259. The minimum Gasteiger partial charge on any atom is -0.394 e. The van der Waals surface area contributed by atoms with Gasteiger partial charge in [-0.15, -0.1) is 0 Å². The van der Waals surface area contributed by atoms with E-state index in [0.717, 1.165) is 11.4 Å². The van der Waals surface area contributed by atoms with Gasteiger partial charge in [-0.3, -0.25) is 4.90 Å². The second kappa shape index (κ2) is 4.06. The lowest BCUT2D eigenvalue weighted by Gasteiger charge is -2.33. The van der Waals surface area contributed by atoms with E-state index >= 15 is 0 Å². The van der Waals surface area contributed by atoms with Crippen molar-refractivity contribution in [2.75, 3.05) is 13.7 Å². The van der Waals surface area contributed by atoms with Crippen molar-refractivity contribution in [3.8, 4) is 0 Å². The Balaban J connectivity index is 2.66. The van der Waals surface area contributed by atoms with Crippen molar-refractivity contribution < 1.29 is 9.74 Å². The average Bonchev–Trinajstić information content (AvgIpc) is 2.52. The highest BCUT2D eigenvalue weighted by atomic mass is 16.6. The van der Waals surface area contributed by atoms with Crippen molar-refractivity contribution >= 4 is 0 Å². The minimum absolute atomic E-state index is 0.105. The van der Waals surface area contributed by atoms with Crippen LogP contribution >= 0.6 is 0 Å². The zero-order chi connectivity index (χ0) is 10.8. The Hall–Kier alpha value is -0.940. The van der Waals surface area contributed by atoms with Gasteiger partial charge < -0.3 is 5.11 Å². The maximum atomic E-state index is 9.16. The fourth-order valence-electron chi connectivity index (χ4n) is 0.952. The molecule has 0 aromatic carbocycles. The Kier molecular flexibility index (Phi) is 3.23. The van der Waals surface area contributed by atoms with Gasteiger partial charge in [0.05, 0.1) is 6.61 Å². The predicted octanol–water partition coefficient (Wildman–Crippen LogP) is 0.581. The molecule has 0 aliphatic heterocycles. The molecule has 0 fully saturated rings. The molecular weight excluding hydrogens is 182 g/mol. The topological polar surface area (TPSA) is 62.4 Å². The number of aromatic nitrogens is 2. The van der Waals surface area contributed by atoms with Gasteiger partial charge in [-0.25, -0.2) is 4.63 Å². The lowest BCUT2D eigenvalue weighted by Crippen LogP contribution is -2.43. The first kappa shape index (κ1) is 11.1. The van der Waals surface area contributed by atoms with E-state index in [2.05, 4.69) is 14.9 Å². The summed E-state index contributed by atoms with van der Waals surface area (Å²) in [5.74, 6) is 0. The largest absolute Gasteiger partial charge is 0.394 e. The third-order valence-corrected chi connectivity index (χ3v) is 2.55. The van der Waals surface area contributed by atoms with Gasteiger partial charge >= 0.3 is 0 Å². The molecule has 5 nitrogen and oxygen atoms in total. The number of aliphatic hydroxyl groups is 1. The molecule has 0 radical (unpaired) electrons. The summed E-state index contributed by atoms with van der Waals surface area (Å²) in [5, 5.41) is 16.7. The van der Waals surface area contributed by atoms with Gasteiger partial charge in [-0.05, 0) is 27.8 Å². The molecule has 0 bridgehead atoms. The van der Waals surface area contributed by atoms with Crippen LogP contribution in [-0.4, -0.2) is 39.5 Å². The van der Waals surface area contributed by atoms with Crippen LogP contribution in [0.15, 0.2) is 4.63 Å². The summed E-state index contributed by atoms with van der Waals surface area (Å²) in [6.07, 6.45) is 0. The van der Waals surface area contributed by atoms with Crippen LogP contribution in [0.3, 0.4) is 0 Å². The van der Waals surface area contributed by atoms with Crippen LogP contribution in [0.5, 0.6) is 0 Å². The van der Waals surface area contributed by atoms with E-state index in [1.807, 2.05) is 32.7 Å². The van der Waals surface area contributed by atoms with Gasteiger partial charge in [0.2, 0.25) is 0 Å². The second-order valence-corrected chi connectivity index (χ2v) is 4.12. The molecule has 0 saturated heterocycles. The zero-order valence-electron chi connectivity index (χ0n) is 9.11. The molecule has 1 N–H and O–H groups in total. The van der Waals surface area contributed by atoms with Gasteiger partial charge in [0.1, 0.15) is 11.4 Å². The molecule has 0 saturated carbocycles. The van der Waals surface area contributed by atoms with E-state index in [4.69, 9.17) is 5.11 Å². The Morgan fingerprint density at radius 3 is 2.50 bits per heavy atom. The molecule has 0 aliphatic carbocycles.